The van der Waals surface area contributed by atoms with Gasteiger partial charge in [-0.15, -0.1) is 0 Å². The van der Waals surface area contributed by atoms with Gasteiger partial charge in [-0.2, -0.15) is 5.10 Å². The van der Waals surface area contributed by atoms with Gasteiger partial charge in [0.05, 0.1) is 7.11 Å². The third-order valence-corrected chi connectivity index (χ3v) is 3.29. The molecule has 0 aliphatic rings. The topological polar surface area (TPSA) is 50.7 Å². The number of amides is 1. The van der Waals surface area contributed by atoms with E-state index in [1.54, 1.807) is 31.4 Å². The zero-order chi connectivity index (χ0) is 15.9. The van der Waals surface area contributed by atoms with Crippen molar-refractivity contribution in [1.82, 2.24) is 5.43 Å². The van der Waals surface area contributed by atoms with E-state index >= 15 is 0 Å². The third-order valence-electron chi connectivity index (χ3n) is 3.05. The van der Waals surface area contributed by atoms with Crippen LogP contribution in [0.25, 0.3) is 0 Å². The van der Waals surface area contributed by atoms with Crippen LogP contribution < -0.4 is 10.2 Å². The summed E-state index contributed by atoms with van der Waals surface area (Å²) >= 11 is 5.86. The minimum absolute atomic E-state index is 0.281. The van der Waals surface area contributed by atoms with Gasteiger partial charge in [0.1, 0.15) is 5.75 Å². The van der Waals surface area contributed by atoms with Crippen molar-refractivity contribution in [2.24, 2.45) is 5.10 Å². The van der Waals surface area contributed by atoms with E-state index in [2.05, 4.69) is 10.5 Å². The summed E-state index contributed by atoms with van der Waals surface area (Å²) in [5.74, 6) is 0.532. The maximum Gasteiger partial charge on any atom is 0.271 e. The molecule has 0 unspecified atom stereocenters. The average Bonchev–Trinajstić information content (AvgIpc) is 2.53. The van der Waals surface area contributed by atoms with Crippen molar-refractivity contribution in [3.8, 4) is 5.75 Å². The lowest BCUT2D eigenvalue weighted by atomic mass is 10.1. The fourth-order valence-corrected chi connectivity index (χ4v) is 2.11. The lowest BCUT2D eigenvalue weighted by Crippen LogP contribution is -2.19. The molecule has 2 aromatic rings. The molecule has 2 aromatic carbocycles. The van der Waals surface area contributed by atoms with E-state index < -0.39 is 0 Å². The lowest BCUT2D eigenvalue weighted by molar-refractivity contribution is 0.0954. The van der Waals surface area contributed by atoms with Gasteiger partial charge >= 0.3 is 0 Å². The van der Waals surface area contributed by atoms with E-state index in [0.29, 0.717) is 17.0 Å². The molecular weight excluding hydrogens is 300 g/mol. The van der Waals surface area contributed by atoms with Crippen LogP contribution in [0.3, 0.4) is 0 Å². The summed E-state index contributed by atoms with van der Waals surface area (Å²) in [6.45, 7) is 1.86. The standard InChI is InChI=1S/C17H17ClN2O2/c1-12(10-13-6-8-16(22-2)9-7-13)19-20-17(21)14-4-3-5-15(18)11-14/h3-9,11H,10H2,1-2H3,(H,20,21)/b19-12-. The van der Waals surface area contributed by atoms with Crippen LogP contribution in [0, 0.1) is 0 Å². The molecule has 5 heteroatoms. The molecule has 0 aliphatic heterocycles. The number of hydrogen-bond acceptors (Lipinski definition) is 3. The molecule has 0 radical (unpaired) electrons. The Kier molecular flexibility index (Phi) is 5.55. The van der Waals surface area contributed by atoms with E-state index in [1.165, 1.54) is 0 Å². The van der Waals surface area contributed by atoms with E-state index in [0.717, 1.165) is 17.0 Å². The van der Waals surface area contributed by atoms with Crippen LogP contribution in [-0.2, 0) is 6.42 Å². The summed E-state index contributed by atoms with van der Waals surface area (Å²) in [4.78, 5) is 11.9. The number of methoxy groups -OCH3 is 1. The molecule has 0 aliphatic carbocycles. The number of halogens is 1. The Bertz CT molecular complexity index is 681. The highest BCUT2D eigenvalue weighted by Gasteiger charge is 2.05. The van der Waals surface area contributed by atoms with Crippen molar-refractivity contribution in [2.75, 3.05) is 7.11 Å². The number of nitrogens with zero attached hydrogens (tertiary/aromatic N) is 1. The maximum absolute atomic E-state index is 11.9. The number of carbonyl (C=O) groups excluding carboxylic acids is 1. The number of hydrogen-bond donors (Lipinski definition) is 1. The van der Waals surface area contributed by atoms with Crippen LogP contribution in [-0.4, -0.2) is 18.7 Å². The van der Waals surface area contributed by atoms with Gasteiger partial charge in [0.15, 0.2) is 0 Å². The first-order chi connectivity index (χ1) is 10.6. The molecule has 0 atom stereocenters. The van der Waals surface area contributed by atoms with Crippen molar-refractivity contribution in [2.45, 2.75) is 13.3 Å². The molecular formula is C17H17ClN2O2. The monoisotopic (exact) mass is 316 g/mol. The van der Waals surface area contributed by atoms with Gasteiger partial charge in [0.25, 0.3) is 5.91 Å². The van der Waals surface area contributed by atoms with E-state index in [4.69, 9.17) is 16.3 Å². The molecule has 0 heterocycles. The summed E-state index contributed by atoms with van der Waals surface area (Å²) < 4.78 is 5.11. The fourth-order valence-electron chi connectivity index (χ4n) is 1.92. The predicted molar refractivity (Wildman–Crippen MR) is 88.7 cm³/mol. The van der Waals surface area contributed by atoms with Gasteiger partial charge in [0, 0.05) is 22.7 Å². The average molecular weight is 317 g/mol. The second kappa shape index (κ2) is 7.61. The summed E-state index contributed by atoms with van der Waals surface area (Å²) in [6.07, 6.45) is 0.653. The van der Waals surface area contributed by atoms with Crippen molar-refractivity contribution in [3.05, 3.63) is 64.7 Å². The maximum atomic E-state index is 11.9. The highest BCUT2D eigenvalue weighted by Crippen LogP contribution is 2.12. The molecule has 1 N–H and O–H groups in total. The summed E-state index contributed by atoms with van der Waals surface area (Å²) in [6, 6.07) is 14.5. The second-order valence-electron chi connectivity index (χ2n) is 4.82. The van der Waals surface area contributed by atoms with Crippen molar-refractivity contribution < 1.29 is 9.53 Å². The van der Waals surface area contributed by atoms with Crippen molar-refractivity contribution in [1.29, 1.82) is 0 Å². The molecule has 2 rings (SSSR count). The van der Waals surface area contributed by atoms with Gasteiger partial charge in [-0.1, -0.05) is 29.8 Å². The minimum Gasteiger partial charge on any atom is -0.497 e. The van der Waals surface area contributed by atoms with Gasteiger partial charge in [0.2, 0.25) is 0 Å². The number of rotatable bonds is 5. The molecule has 0 bridgehead atoms. The Hall–Kier alpha value is -2.33. The number of ether oxygens (including phenoxy) is 1. The Balaban J connectivity index is 1.95. The van der Waals surface area contributed by atoms with Gasteiger partial charge in [-0.25, -0.2) is 5.43 Å². The first-order valence-corrected chi connectivity index (χ1v) is 7.18. The molecule has 0 saturated carbocycles. The Morgan fingerprint density at radius 2 is 1.95 bits per heavy atom. The van der Waals surface area contributed by atoms with E-state index in [1.807, 2.05) is 31.2 Å². The predicted octanol–water partition coefficient (Wildman–Crippen LogP) is 3.70. The zero-order valence-electron chi connectivity index (χ0n) is 12.5. The fraction of sp³-hybridized carbons (Fsp3) is 0.176. The summed E-state index contributed by atoms with van der Waals surface area (Å²) in [7, 11) is 1.63. The number of nitrogens with one attached hydrogen (secondary N) is 1. The van der Waals surface area contributed by atoms with Crippen molar-refractivity contribution >= 4 is 23.2 Å². The largest absolute Gasteiger partial charge is 0.497 e. The smallest absolute Gasteiger partial charge is 0.271 e. The Labute approximate surface area is 134 Å². The minimum atomic E-state index is -0.281. The number of carbonyl (C=O) groups is 1. The van der Waals surface area contributed by atoms with Crippen LogP contribution in [0.2, 0.25) is 5.02 Å². The highest BCUT2D eigenvalue weighted by atomic mass is 35.5. The van der Waals surface area contributed by atoms with Crippen LogP contribution in [0.4, 0.5) is 0 Å². The molecule has 4 nitrogen and oxygen atoms in total. The highest BCUT2D eigenvalue weighted by molar-refractivity contribution is 6.30. The van der Waals surface area contributed by atoms with Gasteiger partial charge < -0.3 is 4.74 Å². The van der Waals surface area contributed by atoms with Crippen LogP contribution >= 0.6 is 11.6 Å². The van der Waals surface area contributed by atoms with Gasteiger partial charge in [-0.05, 0) is 42.8 Å². The molecule has 0 fully saturated rings. The molecule has 1 amide bonds. The molecule has 114 valence electrons. The second-order valence-corrected chi connectivity index (χ2v) is 5.26. The SMILES string of the molecule is COc1ccc(C/C(C)=N\NC(=O)c2cccc(Cl)c2)cc1. The van der Waals surface area contributed by atoms with E-state index in [-0.39, 0.29) is 5.91 Å². The normalized spacial score (nSPS) is 11.1. The number of benzene rings is 2. The van der Waals surface area contributed by atoms with Crippen LogP contribution in [0.1, 0.15) is 22.8 Å². The van der Waals surface area contributed by atoms with Crippen LogP contribution in [0.5, 0.6) is 5.75 Å². The van der Waals surface area contributed by atoms with Crippen LogP contribution in [0.15, 0.2) is 53.6 Å². The summed E-state index contributed by atoms with van der Waals surface area (Å²) in [5, 5.41) is 4.63. The Morgan fingerprint density at radius 1 is 1.23 bits per heavy atom. The lowest BCUT2D eigenvalue weighted by Gasteiger charge is -2.05. The number of hydrazone groups is 1. The van der Waals surface area contributed by atoms with E-state index in [9.17, 15) is 4.79 Å². The third kappa shape index (κ3) is 4.60. The molecule has 0 spiro atoms. The zero-order valence-corrected chi connectivity index (χ0v) is 13.2. The Morgan fingerprint density at radius 3 is 2.59 bits per heavy atom. The first-order valence-electron chi connectivity index (χ1n) is 6.80. The molecule has 22 heavy (non-hydrogen) atoms. The summed E-state index contributed by atoms with van der Waals surface area (Å²) in [5.41, 5.74) is 4.92. The first kappa shape index (κ1) is 16.0. The molecule has 0 saturated heterocycles. The van der Waals surface area contributed by atoms with Gasteiger partial charge in [-0.3, -0.25) is 4.79 Å². The quantitative estimate of drug-likeness (QED) is 0.675. The molecule has 0 aromatic heterocycles. The van der Waals surface area contributed by atoms with Crippen molar-refractivity contribution in [3.63, 3.8) is 0 Å².